The third-order valence-corrected chi connectivity index (χ3v) is 15.3. The van der Waals surface area contributed by atoms with Crippen LogP contribution in [0.1, 0.15) is 36.2 Å². The van der Waals surface area contributed by atoms with Gasteiger partial charge in [0.25, 0.3) is 0 Å². The molecule has 0 saturated heterocycles. The summed E-state index contributed by atoms with van der Waals surface area (Å²) in [5.41, 5.74) is 19.3. The van der Waals surface area contributed by atoms with Gasteiger partial charge in [-0.3, -0.25) is 0 Å². The first-order valence-electron chi connectivity index (χ1n) is 24.5. The van der Waals surface area contributed by atoms with Crippen LogP contribution in [0.15, 0.2) is 224 Å². The number of rotatable bonds is 7. The summed E-state index contributed by atoms with van der Waals surface area (Å²) in [7, 11) is 0. The van der Waals surface area contributed by atoms with Crippen molar-refractivity contribution < 1.29 is 0 Å². The molecular weight excluding hydrogens is 847 g/mol. The zero-order valence-corrected chi connectivity index (χ0v) is 39.7. The van der Waals surface area contributed by atoms with E-state index < -0.39 is 0 Å². The van der Waals surface area contributed by atoms with E-state index in [4.69, 9.17) is 0 Å². The lowest BCUT2D eigenvalue weighted by atomic mass is 9.85. The molecule has 0 unspecified atom stereocenters. The van der Waals surface area contributed by atoms with Crippen molar-refractivity contribution in [1.82, 2.24) is 4.40 Å². The SMILES string of the molecule is Cc1ccc(N(c2ccc3c(c2)C(C)(C)c2c-3c3cc(-c4ccccc4)cc4c5cc6ccc(N(c7ccc(C)cc7)c7ccc8ccccc8c7)cc6cc5n2c34)c2ccc3ccccc3c2)cc1. The molecule has 11 aromatic carbocycles. The Labute approximate surface area is 408 Å². The molecule has 0 amide bonds. The number of hydrogen-bond donors (Lipinski definition) is 0. The number of hydrogen-bond acceptors (Lipinski definition) is 2. The lowest BCUT2D eigenvalue weighted by Gasteiger charge is -2.28. The van der Waals surface area contributed by atoms with E-state index in [1.54, 1.807) is 0 Å². The highest BCUT2D eigenvalue weighted by Gasteiger charge is 2.42. The van der Waals surface area contributed by atoms with Crippen molar-refractivity contribution in [3.63, 3.8) is 0 Å². The Kier molecular flexibility index (Phi) is 8.76. The summed E-state index contributed by atoms with van der Waals surface area (Å²) >= 11 is 0. The molecule has 2 heterocycles. The first kappa shape index (κ1) is 40.4. The molecule has 14 rings (SSSR count). The molecule has 0 fully saturated rings. The summed E-state index contributed by atoms with van der Waals surface area (Å²) in [6, 6.07) is 83.7. The second-order valence-electron chi connectivity index (χ2n) is 20.0. The van der Waals surface area contributed by atoms with E-state index in [0.29, 0.717) is 0 Å². The summed E-state index contributed by atoms with van der Waals surface area (Å²) in [6.45, 7) is 9.19. The fraction of sp³-hybridized carbons (Fsp3) is 0.0746. The van der Waals surface area contributed by atoms with Crippen molar-refractivity contribution in [3.05, 3.63) is 247 Å². The van der Waals surface area contributed by atoms with E-state index in [1.807, 2.05) is 0 Å². The molecule has 0 spiro atoms. The van der Waals surface area contributed by atoms with Gasteiger partial charge in [0.1, 0.15) is 0 Å². The van der Waals surface area contributed by atoms with Crippen molar-refractivity contribution >= 4 is 93.6 Å². The van der Waals surface area contributed by atoms with Crippen LogP contribution in [0.2, 0.25) is 0 Å². The first-order chi connectivity index (χ1) is 34.2. The van der Waals surface area contributed by atoms with E-state index in [2.05, 4.69) is 266 Å². The van der Waals surface area contributed by atoms with Crippen LogP contribution in [-0.4, -0.2) is 4.40 Å². The van der Waals surface area contributed by atoms with Gasteiger partial charge in [-0.15, -0.1) is 0 Å². The van der Waals surface area contributed by atoms with Crippen LogP contribution in [0.4, 0.5) is 34.1 Å². The predicted octanol–water partition coefficient (Wildman–Crippen LogP) is 18.7. The largest absolute Gasteiger partial charge is 0.311 e. The summed E-state index contributed by atoms with van der Waals surface area (Å²) < 4.78 is 2.64. The summed E-state index contributed by atoms with van der Waals surface area (Å²) in [5.74, 6) is 0. The number of nitrogens with zero attached hydrogens (tertiary/aromatic N) is 3. The fourth-order valence-electron chi connectivity index (χ4n) is 11.8. The predicted molar refractivity (Wildman–Crippen MR) is 298 cm³/mol. The smallest absolute Gasteiger partial charge is 0.0618 e. The molecule has 0 radical (unpaired) electrons. The average Bonchev–Trinajstić information content (AvgIpc) is 3.99. The van der Waals surface area contributed by atoms with Crippen LogP contribution in [0.3, 0.4) is 0 Å². The molecule has 13 aromatic rings. The maximum absolute atomic E-state index is 2.64. The molecule has 0 atom stereocenters. The first-order valence-corrected chi connectivity index (χ1v) is 24.5. The van der Waals surface area contributed by atoms with Crippen LogP contribution >= 0.6 is 0 Å². The lowest BCUT2D eigenvalue weighted by Crippen LogP contribution is -2.18. The van der Waals surface area contributed by atoms with Gasteiger partial charge in [-0.05, 0) is 165 Å². The number of anilines is 6. The molecule has 0 saturated carbocycles. The van der Waals surface area contributed by atoms with Crippen LogP contribution in [0.5, 0.6) is 0 Å². The van der Waals surface area contributed by atoms with Crippen LogP contribution in [0, 0.1) is 13.8 Å². The summed E-state index contributed by atoms with van der Waals surface area (Å²) in [4.78, 5) is 4.83. The number of aryl methyl sites for hydroxylation is 2. The van der Waals surface area contributed by atoms with E-state index in [0.717, 1.165) is 34.1 Å². The minimum atomic E-state index is -0.330. The lowest BCUT2D eigenvalue weighted by molar-refractivity contribution is 0.633. The Balaban J connectivity index is 0.989. The molecule has 0 aliphatic heterocycles. The van der Waals surface area contributed by atoms with Gasteiger partial charge in [-0.25, -0.2) is 0 Å². The summed E-state index contributed by atoms with van der Waals surface area (Å²) in [5, 5.41) is 11.2. The fourth-order valence-corrected chi connectivity index (χ4v) is 11.8. The number of fused-ring (bicyclic) bond motifs is 11. The minimum absolute atomic E-state index is 0.330. The maximum atomic E-state index is 2.64. The second kappa shape index (κ2) is 15.2. The van der Waals surface area contributed by atoms with Crippen LogP contribution < -0.4 is 9.80 Å². The highest BCUT2D eigenvalue weighted by Crippen LogP contribution is 2.57. The van der Waals surface area contributed by atoms with E-state index >= 15 is 0 Å². The van der Waals surface area contributed by atoms with E-state index in [1.165, 1.54) is 104 Å². The molecule has 2 aromatic heterocycles. The molecule has 0 N–H and O–H groups in total. The zero-order chi connectivity index (χ0) is 46.8. The average molecular weight is 896 g/mol. The van der Waals surface area contributed by atoms with Gasteiger partial charge in [0, 0.05) is 67.0 Å². The molecule has 3 nitrogen and oxygen atoms in total. The topological polar surface area (TPSA) is 10.9 Å². The Morgan fingerprint density at radius 1 is 0.357 bits per heavy atom. The number of aromatic nitrogens is 1. The van der Waals surface area contributed by atoms with Gasteiger partial charge in [0.2, 0.25) is 0 Å². The second-order valence-corrected chi connectivity index (χ2v) is 20.0. The van der Waals surface area contributed by atoms with Gasteiger partial charge in [0.05, 0.1) is 11.0 Å². The van der Waals surface area contributed by atoms with Gasteiger partial charge >= 0.3 is 0 Å². The third kappa shape index (κ3) is 6.14. The Hall–Kier alpha value is -8.66. The standard InChI is InChI=1S/C67H49N3/c1-42-18-25-52(26-19-42)68(54-29-22-45-14-8-10-16-47(45)34-54)56-31-24-49-37-59-60-38-51(44-12-6-5-7-13-44)39-61-64-58-33-32-57(41-62(58)67(3,4)66(64)70(65(60)61)63(59)40-50(49)36-56)69(53-27-20-43(2)21-28-53)55-30-23-46-15-9-11-17-48(46)35-55/h5-41H,1-4H3. The molecule has 1 aliphatic rings. The van der Waals surface area contributed by atoms with E-state index in [-0.39, 0.29) is 5.41 Å². The molecule has 3 heteroatoms. The normalized spacial score (nSPS) is 13.0. The van der Waals surface area contributed by atoms with Crippen molar-refractivity contribution in [2.24, 2.45) is 0 Å². The Bertz CT molecular complexity index is 4220. The van der Waals surface area contributed by atoms with Gasteiger partial charge in [-0.1, -0.05) is 152 Å². The van der Waals surface area contributed by atoms with Crippen LogP contribution in [0.25, 0.3) is 81.8 Å². The van der Waals surface area contributed by atoms with Gasteiger partial charge in [0.15, 0.2) is 0 Å². The number of benzene rings is 11. The summed E-state index contributed by atoms with van der Waals surface area (Å²) in [6.07, 6.45) is 0. The maximum Gasteiger partial charge on any atom is 0.0618 e. The highest BCUT2D eigenvalue weighted by atomic mass is 15.1. The highest BCUT2D eigenvalue weighted by molar-refractivity contribution is 6.23. The van der Waals surface area contributed by atoms with Crippen LogP contribution in [-0.2, 0) is 5.41 Å². The minimum Gasteiger partial charge on any atom is -0.311 e. The van der Waals surface area contributed by atoms with E-state index in [9.17, 15) is 0 Å². The van der Waals surface area contributed by atoms with Gasteiger partial charge in [-0.2, -0.15) is 0 Å². The molecule has 1 aliphatic carbocycles. The molecule has 0 bridgehead atoms. The van der Waals surface area contributed by atoms with Crippen molar-refractivity contribution in [3.8, 4) is 22.3 Å². The Morgan fingerprint density at radius 2 is 0.829 bits per heavy atom. The van der Waals surface area contributed by atoms with Gasteiger partial charge < -0.3 is 14.2 Å². The quantitative estimate of drug-likeness (QED) is 0.158. The van der Waals surface area contributed by atoms with Crippen molar-refractivity contribution in [1.29, 1.82) is 0 Å². The monoisotopic (exact) mass is 895 g/mol. The molecule has 70 heavy (non-hydrogen) atoms. The van der Waals surface area contributed by atoms with Crippen molar-refractivity contribution in [2.75, 3.05) is 9.80 Å². The third-order valence-electron chi connectivity index (χ3n) is 15.3. The Morgan fingerprint density at radius 3 is 1.43 bits per heavy atom. The zero-order valence-electron chi connectivity index (χ0n) is 39.7. The molecular formula is C67H49N3. The van der Waals surface area contributed by atoms with Crippen molar-refractivity contribution in [2.45, 2.75) is 33.1 Å². The molecule has 332 valence electrons.